The van der Waals surface area contributed by atoms with Gasteiger partial charge < -0.3 is 5.11 Å². The van der Waals surface area contributed by atoms with Crippen LogP contribution in [0.25, 0.3) is 0 Å². The number of hydrogen-bond donors (Lipinski definition) is 1. The van der Waals surface area contributed by atoms with Crippen LogP contribution in [0.5, 0.6) is 0 Å². The van der Waals surface area contributed by atoms with Crippen molar-refractivity contribution in [3.63, 3.8) is 0 Å². The van der Waals surface area contributed by atoms with E-state index in [0.29, 0.717) is 6.04 Å². The van der Waals surface area contributed by atoms with Crippen LogP contribution in [0.15, 0.2) is 30.3 Å². The number of aliphatic hydroxyl groups is 1. The van der Waals surface area contributed by atoms with Gasteiger partial charge in [-0.15, -0.1) is 0 Å². The Morgan fingerprint density at radius 2 is 1.88 bits per heavy atom. The minimum Gasteiger partial charge on any atom is -0.387 e. The van der Waals surface area contributed by atoms with E-state index >= 15 is 0 Å². The number of rotatable bonds is 6. The summed E-state index contributed by atoms with van der Waals surface area (Å²) in [6, 6.07) is 10.5. The molecule has 2 heteroatoms. The molecule has 0 radical (unpaired) electrons. The third-order valence-electron chi connectivity index (χ3n) is 3.51. The van der Waals surface area contributed by atoms with Gasteiger partial charge >= 0.3 is 0 Å². The van der Waals surface area contributed by atoms with Crippen molar-refractivity contribution in [2.75, 3.05) is 13.1 Å². The molecule has 1 unspecified atom stereocenters. The second kappa shape index (κ2) is 5.65. The van der Waals surface area contributed by atoms with Crippen molar-refractivity contribution in [3.05, 3.63) is 35.9 Å². The highest BCUT2D eigenvalue weighted by Crippen LogP contribution is 2.31. The number of benzene rings is 1. The minimum absolute atomic E-state index is 0.364. The lowest BCUT2D eigenvalue weighted by Gasteiger charge is -2.28. The molecule has 1 fully saturated rings. The van der Waals surface area contributed by atoms with Gasteiger partial charge in [0.2, 0.25) is 0 Å². The first-order valence-corrected chi connectivity index (χ1v) is 6.64. The monoisotopic (exact) mass is 233 g/mol. The summed E-state index contributed by atoms with van der Waals surface area (Å²) >= 11 is 0. The van der Waals surface area contributed by atoms with Gasteiger partial charge in [-0.1, -0.05) is 30.3 Å². The van der Waals surface area contributed by atoms with Crippen LogP contribution in [0, 0.1) is 5.92 Å². The van der Waals surface area contributed by atoms with Crippen LogP contribution >= 0.6 is 0 Å². The molecule has 1 aromatic rings. The van der Waals surface area contributed by atoms with Gasteiger partial charge in [0.25, 0.3) is 0 Å². The minimum atomic E-state index is -0.364. The molecule has 0 heterocycles. The summed E-state index contributed by atoms with van der Waals surface area (Å²) in [7, 11) is 0. The van der Waals surface area contributed by atoms with Gasteiger partial charge in [-0.25, -0.2) is 0 Å². The van der Waals surface area contributed by atoms with Crippen LogP contribution in [0.4, 0.5) is 0 Å². The second-order valence-corrected chi connectivity index (χ2v) is 5.42. The van der Waals surface area contributed by atoms with Crippen molar-refractivity contribution < 1.29 is 5.11 Å². The average molecular weight is 233 g/mol. The molecule has 1 aliphatic rings. The number of nitrogens with zero attached hydrogens (tertiary/aromatic N) is 1. The molecule has 0 spiro atoms. The molecule has 2 nitrogen and oxygen atoms in total. The quantitative estimate of drug-likeness (QED) is 0.816. The van der Waals surface area contributed by atoms with E-state index in [1.165, 1.54) is 12.8 Å². The highest BCUT2D eigenvalue weighted by molar-refractivity contribution is 5.17. The van der Waals surface area contributed by atoms with E-state index < -0.39 is 0 Å². The Hall–Kier alpha value is -0.860. The molecule has 1 aromatic carbocycles. The number of aliphatic hydroxyl groups excluding tert-OH is 1. The maximum Gasteiger partial charge on any atom is 0.0917 e. The third-order valence-corrected chi connectivity index (χ3v) is 3.51. The first-order valence-electron chi connectivity index (χ1n) is 6.64. The highest BCUT2D eigenvalue weighted by Gasteiger charge is 2.26. The van der Waals surface area contributed by atoms with Crippen molar-refractivity contribution in [2.24, 2.45) is 5.92 Å². The van der Waals surface area contributed by atoms with Crippen molar-refractivity contribution >= 4 is 0 Å². The van der Waals surface area contributed by atoms with Gasteiger partial charge in [0, 0.05) is 19.1 Å². The zero-order valence-electron chi connectivity index (χ0n) is 10.8. The Labute approximate surface area is 104 Å². The molecule has 2 rings (SSSR count). The van der Waals surface area contributed by atoms with E-state index in [4.69, 9.17) is 0 Å². The van der Waals surface area contributed by atoms with E-state index in [9.17, 15) is 5.11 Å². The molecular weight excluding hydrogens is 210 g/mol. The maximum absolute atomic E-state index is 10.2. The number of hydrogen-bond acceptors (Lipinski definition) is 2. The van der Waals surface area contributed by atoms with Gasteiger partial charge in [0.1, 0.15) is 0 Å². The Morgan fingerprint density at radius 1 is 1.24 bits per heavy atom. The van der Waals surface area contributed by atoms with Crippen molar-refractivity contribution in [1.29, 1.82) is 0 Å². The molecule has 0 amide bonds. The topological polar surface area (TPSA) is 23.5 Å². The van der Waals surface area contributed by atoms with E-state index in [0.717, 1.165) is 24.6 Å². The average Bonchev–Trinajstić information content (AvgIpc) is 3.13. The predicted molar refractivity (Wildman–Crippen MR) is 70.8 cm³/mol. The summed E-state index contributed by atoms with van der Waals surface area (Å²) in [6.45, 7) is 6.31. The van der Waals surface area contributed by atoms with E-state index in [-0.39, 0.29) is 6.10 Å². The summed E-state index contributed by atoms with van der Waals surface area (Å²) in [5.41, 5.74) is 1.02. The fraction of sp³-hybridized carbons (Fsp3) is 0.600. The van der Waals surface area contributed by atoms with Crippen molar-refractivity contribution in [1.82, 2.24) is 4.90 Å². The lowest BCUT2D eigenvalue weighted by Crippen LogP contribution is -2.36. The van der Waals surface area contributed by atoms with Crippen LogP contribution in [-0.2, 0) is 0 Å². The Balaban J connectivity index is 1.92. The van der Waals surface area contributed by atoms with Gasteiger partial charge in [-0.3, -0.25) is 4.90 Å². The highest BCUT2D eigenvalue weighted by atomic mass is 16.3. The molecule has 0 bridgehead atoms. The van der Waals surface area contributed by atoms with Crippen LogP contribution in [-0.4, -0.2) is 29.1 Å². The first-order chi connectivity index (χ1) is 8.16. The SMILES string of the molecule is CC(C)N(CC1CC1)CC(O)c1ccccc1. The van der Waals surface area contributed by atoms with Gasteiger partial charge in [-0.05, 0) is 38.2 Å². The normalized spacial score (nSPS) is 17.7. The summed E-state index contributed by atoms with van der Waals surface area (Å²) in [5.74, 6) is 0.875. The summed E-state index contributed by atoms with van der Waals surface area (Å²) in [6.07, 6.45) is 2.37. The smallest absolute Gasteiger partial charge is 0.0917 e. The largest absolute Gasteiger partial charge is 0.387 e. The van der Waals surface area contributed by atoms with Crippen LogP contribution < -0.4 is 0 Å². The van der Waals surface area contributed by atoms with Gasteiger partial charge in [0.05, 0.1) is 6.10 Å². The molecule has 17 heavy (non-hydrogen) atoms. The van der Waals surface area contributed by atoms with Crippen molar-refractivity contribution in [3.8, 4) is 0 Å². The summed E-state index contributed by atoms with van der Waals surface area (Å²) < 4.78 is 0. The van der Waals surface area contributed by atoms with Crippen LogP contribution in [0.2, 0.25) is 0 Å². The second-order valence-electron chi connectivity index (χ2n) is 5.42. The molecule has 1 atom stereocenters. The fourth-order valence-electron chi connectivity index (χ4n) is 2.13. The zero-order chi connectivity index (χ0) is 12.3. The predicted octanol–water partition coefficient (Wildman–Crippen LogP) is 2.84. The Kier molecular flexibility index (Phi) is 4.19. The molecular formula is C15H23NO. The van der Waals surface area contributed by atoms with Crippen LogP contribution in [0.1, 0.15) is 38.4 Å². The van der Waals surface area contributed by atoms with E-state index in [1.807, 2.05) is 30.3 Å². The molecule has 94 valence electrons. The van der Waals surface area contributed by atoms with E-state index in [2.05, 4.69) is 18.7 Å². The van der Waals surface area contributed by atoms with Gasteiger partial charge in [0.15, 0.2) is 0 Å². The molecule has 1 aliphatic carbocycles. The molecule has 0 saturated heterocycles. The first kappa shape index (κ1) is 12.6. The Morgan fingerprint density at radius 3 is 2.41 bits per heavy atom. The lowest BCUT2D eigenvalue weighted by molar-refractivity contribution is 0.0923. The van der Waals surface area contributed by atoms with Crippen LogP contribution in [0.3, 0.4) is 0 Å². The molecule has 0 aromatic heterocycles. The zero-order valence-corrected chi connectivity index (χ0v) is 10.8. The lowest BCUT2D eigenvalue weighted by atomic mass is 10.1. The molecule has 1 N–H and O–H groups in total. The van der Waals surface area contributed by atoms with E-state index in [1.54, 1.807) is 0 Å². The molecule has 1 saturated carbocycles. The van der Waals surface area contributed by atoms with Gasteiger partial charge in [-0.2, -0.15) is 0 Å². The third kappa shape index (κ3) is 3.83. The Bertz CT molecular complexity index is 332. The maximum atomic E-state index is 10.2. The summed E-state index contributed by atoms with van der Waals surface area (Å²) in [5, 5.41) is 10.2. The van der Waals surface area contributed by atoms with Crippen molar-refractivity contribution in [2.45, 2.75) is 38.8 Å². The standard InChI is InChI=1S/C15H23NO/c1-12(2)16(10-13-8-9-13)11-15(17)14-6-4-3-5-7-14/h3-7,12-13,15,17H,8-11H2,1-2H3. The summed E-state index contributed by atoms with van der Waals surface area (Å²) in [4.78, 5) is 2.40. The fourth-order valence-corrected chi connectivity index (χ4v) is 2.13. The molecule has 0 aliphatic heterocycles.